The van der Waals surface area contributed by atoms with Crippen LogP contribution >= 0.6 is 0 Å². The van der Waals surface area contributed by atoms with Crippen molar-refractivity contribution in [1.82, 2.24) is 0 Å². The fraction of sp³-hybridized carbons (Fsp3) is 0.571. The highest BCUT2D eigenvalue weighted by Crippen LogP contribution is 2.28. The lowest BCUT2D eigenvalue weighted by Gasteiger charge is -2.30. The second-order valence-electron chi connectivity index (χ2n) is 4.58. The summed E-state index contributed by atoms with van der Waals surface area (Å²) in [4.78, 5) is 2.48. The van der Waals surface area contributed by atoms with Crippen LogP contribution in [0, 0.1) is 0 Å². The van der Waals surface area contributed by atoms with Gasteiger partial charge in [-0.3, -0.25) is 0 Å². The number of benzene rings is 1. The first-order valence-corrected chi connectivity index (χ1v) is 6.47. The number of rotatable bonds is 4. The third-order valence-electron chi connectivity index (χ3n) is 3.40. The van der Waals surface area contributed by atoms with Crippen molar-refractivity contribution in [2.45, 2.75) is 25.7 Å². The van der Waals surface area contributed by atoms with Crippen molar-refractivity contribution in [2.24, 2.45) is 5.73 Å². The van der Waals surface area contributed by atoms with Crippen LogP contribution in [0.3, 0.4) is 0 Å². The van der Waals surface area contributed by atoms with E-state index in [1.807, 2.05) is 6.07 Å². The van der Waals surface area contributed by atoms with Crippen molar-refractivity contribution < 1.29 is 4.74 Å². The molecule has 17 heavy (non-hydrogen) atoms. The first-order valence-electron chi connectivity index (χ1n) is 6.47. The van der Waals surface area contributed by atoms with E-state index in [1.54, 1.807) is 7.11 Å². The third kappa shape index (κ3) is 2.91. The first kappa shape index (κ1) is 12.2. The molecule has 0 aliphatic carbocycles. The van der Waals surface area contributed by atoms with Gasteiger partial charge in [-0.05, 0) is 56.0 Å². The smallest absolute Gasteiger partial charge is 0.119 e. The average molecular weight is 234 g/mol. The van der Waals surface area contributed by atoms with E-state index in [2.05, 4.69) is 17.0 Å². The van der Waals surface area contributed by atoms with E-state index in [-0.39, 0.29) is 0 Å². The largest absolute Gasteiger partial charge is 0.497 e. The van der Waals surface area contributed by atoms with Crippen molar-refractivity contribution in [3.8, 4) is 5.75 Å². The summed E-state index contributed by atoms with van der Waals surface area (Å²) in [5.41, 5.74) is 8.35. The van der Waals surface area contributed by atoms with Crippen LogP contribution in [0.5, 0.6) is 5.75 Å². The minimum absolute atomic E-state index is 0.688. The Balaban J connectivity index is 2.24. The third-order valence-corrected chi connectivity index (χ3v) is 3.40. The van der Waals surface area contributed by atoms with Gasteiger partial charge in [-0.25, -0.2) is 0 Å². The molecule has 2 N–H and O–H groups in total. The van der Waals surface area contributed by atoms with Gasteiger partial charge < -0.3 is 15.4 Å². The Labute approximate surface area is 104 Å². The summed E-state index contributed by atoms with van der Waals surface area (Å²) in [5.74, 6) is 0.925. The molecule has 1 aliphatic rings. The normalized spacial score (nSPS) is 16.0. The molecule has 0 radical (unpaired) electrons. The summed E-state index contributed by atoms with van der Waals surface area (Å²) in [6, 6.07) is 6.34. The Morgan fingerprint density at radius 1 is 1.24 bits per heavy atom. The van der Waals surface area contributed by atoms with E-state index in [4.69, 9.17) is 10.5 Å². The van der Waals surface area contributed by atoms with Gasteiger partial charge in [-0.1, -0.05) is 0 Å². The number of hydrogen-bond donors (Lipinski definition) is 1. The maximum Gasteiger partial charge on any atom is 0.119 e. The number of ether oxygens (including phenoxy) is 1. The fourth-order valence-electron chi connectivity index (χ4n) is 2.49. The molecule has 0 atom stereocenters. The van der Waals surface area contributed by atoms with Crippen LogP contribution in [0.1, 0.15) is 24.8 Å². The monoisotopic (exact) mass is 234 g/mol. The van der Waals surface area contributed by atoms with Crippen LogP contribution < -0.4 is 15.4 Å². The number of nitrogens with zero attached hydrogens (tertiary/aromatic N) is 1. The minimum atomic E-state index is 0.688. The summed E-state index contributed by atoms with van der Waals surface area (Å²) in [7, 11) is 1.71. The van der Waals surface area contributed by atoms with Gasteiger partial charge in [0.1, 0.15) is 5.75 Å². The van der Waals surface area contributed by atoms with E-state index in [1.165, 1.54) is 43.6 Å². The summed E-state index contributed by atoms with van der Waals surface area (Å²) < 4.78 is 5.28. The maximum absolute atomic E-state index is 5.69. The van der Waals surface area contributed by atoms with Gasteiger partial charge >= 0.3 is 0 Å². The molecule has 0 unspecified atom stereocenters. The highest BCUT2D eigenvalue weighted by molar-refractivity contribution is 5.56. The Morgan fingerprint density at radius 2 is 2.00 bits per heavy atom. The molecule has 2 rings (SSSR count). The van der Waals surface area contributed by atoms with Gasteiger partial charge in [0.15, 0.2) is 0 Å². The van der Waals surface area contributed by atoms with E-state index in [0.717, 1.165) is 12.2 Å². The second kappa shape index (κ2) is 5.92. The lowest BCUT2D eigenvalue weighted by Crippen LogP contribution is -2.30. The van der Waals surface area contributed by atoms with Crippen LogP contribution in [0.4, 0.5) is 5.69 Å². The molecule has 1 aromatic rings. The molecule has 0 spiro atoms. The maximum atomic E-state index is 5.69. The first-order chi connectivity index (χ1) is 8.35. The highest BCUT2D eigenvalue weighted by atomic mass is 16.5. The van der Waals surface area contributed by atoms with Crippen LogP contribution in [-0.2, 0) is 6.42 Å². The van der Waals surface area contributed by atoms with Gasteiger partial charge in [0.05, 0.1) is 7.11 Å². The molecular formula is C14H22N2O. The minimum Gasteiger partial charge on any atom is -0.497 e. The Bertz CT molecular complexity index is 359. The van der Waals surface area contributed by atoms with Crippen LogP contribution in [-0.4, -0.2) is 26.7 Å². The van der Waals surface area contributed by atoms with E-state index in [0.29, 0.717) is 6.54 Å². The van der Waals surface area contributed by atoms with Crippen molar-refractivity contribution in [2.75, 3.05) is 31.6 Å². The zero-order chi connectivity index (χ0) is 12.1. The molecular weight excluding hydrogens is 212 g/mol. The second-order valence-corrected chi connectivity index (χ2v) is 4.58. The molecule has 0 amide bonds. The van der Waals surface area contributed by atoms with Crippen LogP contribution in [0.2, 0.25) is 0 Å². The fourth-order valence-corrected chi connectivity index (χ4v) is 2.49. The van der Waals surface area contributed by atoms with Gasteiger partial charge in [0, 0.05) is 18.8 Å². The quantitative estimate of drug-likeness (QED) is 0.868. The predicted octanol–water partition coefficient (Wildman–Crippen LogP) is 2.19. The van der Waals surface area contributed by atoms with E-state index >= 15 is 0 Å². The van der Waals surface area contributed by atoms with Gasteiger partial charge in [0.25, 0.3) is 0 Å². The Morgan fingerprint density at radius 3 is 2.65 bits per heavy atom. The molecule has 3 nitrogen and oxygen atoms in total. The Hall–Kier alpha value is -1.22. The number of hydrogen-bond acceptors (Lipinski definition) is 3. The molecule has 1 heterocycles. The lowest BCUT2D eigenvalue weighted by atomic mass is 10.0. The average Bonchev–Trinajstić information content (AvgIpc) is 2.40. The SMILES string of the molecule is COc1ccc(N2CCCCC2)c(CCN)c1. The van der Waals surface area contributed by atoms with Crippen LogP contribution in [0.25, 0.3) is 0 Å². The molecule has 1 aromatic carbocycles. The van der Waals surface area contributed by atoms with Crippen molar-refractivity contribution in [3.05, 3.63) is 23.8 Å². The lowest BCUT2D eigenvalue weighted by molar-refractivity contribution is 0.414. The molecule has 1 fully saturated rings. The van der Waals surface area contributed by atoms with Crippen LogP contribution in [0.15, 0.2) is 18.2 Å². The summed E-state index contributed by atoms with van der Waals surface area (Å²) in [5, 5.41) is 0. The summed E-state index contributed by atoms with van der Waals surface area (Å²) in [6.45, 7) is 3.03. The summed E-state index contributed by atoms with van der Waals surface area (Å²) >= 11 is 0. The van der Waals surface area contributed by atoms with Crippen molar-refractivity contribution in [3.63, 3.8) is 0 Å². The summed E-state index contributed by atoms with van der Waals surface area (Å²) in [6.07, 6.45) is 4.88. The van der Waals surface area contributed by atoms with Gasteiger partial charge in [-0.15, -0.1) is 0 Å². The predicted molar refractivity (Wildman–Crippen MR) is 71.8 cm³/mol. The van der Waals surface area contributed by atoms with E-state index in [9.17, 15) is 0 Å². The standard InChI is InChI=1S/C14H22N2O/c1-17-13-5-6-14(12(11-13)7-8-15)16-9-3-2-4-10-16/h5-6,11H,2-4,7-10,15H2,1H3. The molecule has 3 heteroatoms. The van der Waals surface area contributed by atoms with Crippen molar-refractivity contribution >= 4 is 5.69 Å². The zero-order valence-electron chi connectivity index (χ0n) is 10.6. The zero-order valence-corrected chi connectivity index (χ0v) is 10.6. The molecule has 1 saturated heterocycles. The molecule has 1 aliphatic heterocycles. The number of nitrogens with two attached hydrogens (primary N) is 1. The van der Waals surface area contributed by atoms with Crippen molar-refractivity contribution in [1.29, 1.82) is 0 Å². The molecule has 94 valence electrons. The van der Waals surface area contributed by atoms with E-state index < -0.39 is 0 Å². The number of anilines is 1. The number of piperidine rings is 1. The van der Waals surface area contributed by atoms with Gasteiger partial charge in [-0.2, -0.15) is 0 Å². The Kier molecular flexibility index (Phi) is 4.26. The van der Waals surface area contributed by atoms with Gasteiger partial charge in [0.2, 0.25) is 0 Å². The topological polar surface area (TPSA) is 38.5 Å². The number of methoxy groups -OCH3 is 1. The highest BCUT2D eigenvalue weighted by Gasteiger charge is 2.14. The molecule has 0 bridgehead atoms. The molecule has 0 saturated carbocycles. The molecule has 0 aromatic heterocycles.